The van der Waals surface area contributed by atoms with Crippen LogP contribution in [-0.2, 0) is 4.74 Å². The van der Waals surface area contributed by atoms with Crippen LogP contribution in [0.15, 0.2) is 0 Å². The van der Waals surface area contributed by atoms with Crippen LogP contribution in [0.5, 0.6) is 0 Å². The number of hydrogen-bond acceptors (Lipinski definition) is 3. The normalized spacial score (nSPS) is 37.5. The third kappa shape index (κ3) is 2.96. The van der Waals surface area contributed by atoms with Crippen molar-refractivity contribution in [1.82, 2.24) is 4.90 Å². The molecule has 3 atom stereocenters. The van der Waals surface area contributed by atoms with Crippen LogP contribution < -0.4 is 0 Å². The first kappa shape index (κ1) is 12.3. The number of methoxy groups -OCH3 is 1. The molecule has 1 aliphatic heterocycles. The van der Waals surface area contributed by atoms with E-state index in [1.165, 1.54) is 45.1 Å². The Morgan fingerprint density at radius 3 is 2.88 bits per heavy atom. The largest absolute Gasteiger partial charge is 0.396 e. The lowest BCUT2D eigenvalue weighted by Gasteiger charge is -2.41. The van der Waals surface area contributed by atoms with E-state index in [0.29, 0.717) is 24.7 Å². The molecule has 0 bridgehead atoms. The SMILES string of the molecule is COC1CCCC(N2CCCC(CO)C2)C1. The Labute approximate surface area is 98.8 Å². The number of hydrogen-bond donors (Lipinski definition) is 1. The summed E-state index contributed by atoms with van der Waals surface area (Å²) < 4.78 is 5.49. The molecule has 16 heavy (non-hydrogen) atoms. The van der Waals surface area contributed by atoms with Crippen LogP contribution in [-0.4, -0.2) is 49.0 Å². The molecule has 1 saturated heterocycles. The van der Waals surface area contributed by atoms with E-state index >= 15 is 0 Å². The molecule has 0 spiro atoms. The van der Waals surface area contributed by atoms with E-state index in [-0.39, 0.29) is 0 Å². The van der Waals surface area contributed by atoms with Crippen molar-refractivity contribution in [2.75, 3.05) is 26.8 Å². The maximum Gasteiger partial charge on any atom is 0.0586 e. The first-order valence-electron chi connectivity index (χ1n) is 6.71. The number of rotatable bonds is 3. The van der Waals surface area contributed by atoms with Gasteiger partial charge in [0.25, 0.3) is 0 Å². The van der Waals surface area contributed by atoms with Gasteiger partial charge in [0.2, 0.25) is 0 Å². The van der Waals surface area contributed by atoms with Crippen LogP contribution in [0.3, 0.4) is 0 Å². The molecule has 3 nitrogen and oxygen atoms in total. The Bertz CT molecular complexity index is 188. The number of nitrogens with zero attached hydrogens (tertiary/aromatic N) is 1. The minimum Gasteiger partial charge on any atom is -0.396 e. The fourth-order valence-electron chi connectivity index (χ4n) is 3.24. The summed E-state index contributed by atoms with van der Waals surface area (Å²) in [6.45, 7) is 2.67. The van der Waals surface area contributed by atoms with Crippen molar-refractivity contribution in [3.05, 3.63) is 0 Å². The van der Waals surface area contributed by atoms with Gasteiger partial charge in [-0.05, 0) is 51.0 Å². The lowest BCUT2D eigenvalue weighted by Crippen LogP contribution is -2.46. The molecule has 0 aromatic carbocycles. The predicted octanol–water partition coefficient (Wildman–Crippen LogP) is 1.65. The van der Waals surface area contributed by atoms with E-state index in [1.54, 1.807) is 0 Å². The zero-order valence-corrected chi connectivity index (χ0v) is 10.4. The van der Waals surface area contributed by atoms with Gasteiger partial charge >= 0.3 is 0 Å². The van der Waals surface area contributed by atoms with Gasteiger partial charge in [-0.2, -0.15) is 0 Å². The second-order valence-corrected chi connectivity index (χ2v) is 5.36. The van der Waals surface area contributed by atoms with Crippen LogP contribution in [0.1, 0.15) is 38.5 Å². The Kier molecular flexibility index (Phi) is 4.62. The van der Waals surface area contributed by atoms with Crippen LogP contribution in [0.25, 0.3) is 0 Å². The Hall–Kier alpha value is -0.120. The minimum absolute atomic E-state index is 0.358. The van der Waals surface area contributed by atoms with E-state index in [4.69, 9.17) is 4.74 Å². The summed E-state index contributed by atoms with van der Waals surface area (Å²) in [5.41, 5.74) is 0. The summed E-state index contributed by atoms with van der Waals surface area (Å²) in [4.78, 5) is 2.59. The highest BCUT2D eigenvalue weighted by Gasteiger charge is 2.29. The second-order valence-electron chi connectivity index (χ2n) is 5.36. The van der Waals surface area contributed by atoms with Crippen molar-refractivity contribution in [1.29, 1.82) is 0 Å². The van der Waals surface area contributed by atoms with E-state index < -0.39 is 0 Å². The Morgan fingerprint density at radius 2 is 2.12 bits per heavy atom. The molecule has 1 saturated carbocycles. The minimum atomic E-state index is 0.358. The van der Waals surface area contributed by atoms with Gasteiger partial charge in [-0.3, -0.25) is 4.90 Å². The van der Waals surface area contributed by atoms with Crippen molar-refractivity contribution < 1.29 is 9.84 Å². The summed E-state index contributed by atoms with van der Waals surface area (Å²) >= 11 is 0. The van der Waals surface area contributed by atoms with Gasteiger partial charge in [0, 0.05) is 26.3 Å². The first-order chi connectivity index (χ1) is 7.83. The number of aliphatic hydroxyl groups excluding tert-OH is 1. The summed E-state index contributed by atoms with van der Waals surface area (Å²) in [6, 6.07) is 0.702. The van der Waals surface area contributed by atoms with Gasteiger partial charge in [0.1, 0.15) is 0 Å². The smallest absolute Gasteiger partial charge is 0.0586 e. The van der Waals surface area contributed by atoms with Gasteiger partial charge in [0.05, 0.1) is 6.10 Å². The molecule has 2 aliphatic rings. The van der Waals surface area contributed by atoms with Gasteiger partial charge in [-0.25, -0.2) is 0 Å². The summed E-state index contributed by atoms with van der Waals surface area (Å²) in [5.74, 6) is 0.511. The van der Waals surface area contributed by atoms with Crippen LogP contribution >= 0.6 is 0 Å². The quantitative estimate of drug-likeness (QED) is 0.795. The topological polar surface area (TPSA) is 32.7 Å². The average Bonchev–Trinajstić information content (AvgIpc) is 2.39. The maximum atomic E-state index is 9.25. The molecule has 3 heteroatoms. The molecule has 0 aromatic heterocycles. The standard InChI is InChI=1S/C13H25NO2/c1-16-13-6-2-5-12(8-13)14-7-3-4-11(9-14)10-15/h11-13,15H,2-10H2,1H3. The maximum absolute atomic E-state index is 9.25. The third-order valence-electron chi connectivity index (χ3n) is 4.26. The molecular formula is C13H25NO2. The molecule has 1 N–H and O–H groups in total. The second kappa shape index (κ2) is 5.99. The summed E-state index contributed by atoms with van der Waals surface area (Å²) in [5, 5.41) is 9.25. The molecule has 1 aliphatic carbocycles. The molecule has 0 radical (unpaired) electrons. The van der Waals surface area contributed by atoms with Crippen LogP contribution in [0.2, 0.25) is 0 Å². The van der Waals surface area contributed by atoms with Gasteiger partial charge in [-0.1, -0.05) is 0 Å². The molecular weight excluding hydrogens is 202 g/mol. The monoisotopic (exact) mass is 227 g/mol. The fraction of sp³-hybridized carbons (Fsp3) is 1.00. The highest BCUT2D eigenvalue weighted by Crippen LogP contribution is 2.28. The number of likely N-dealkylation sites (tertiary alicyclic amines) is 1. The fourth-order valence-corrected chi connectivity index (χ4v) is 3.24. The van der Waals surface area contributed by atoms with Crippen molar-refractivity contribution in [2.24, 2.45) is 5.92 Å². The molecule has 0 aromatic rings. The summed E-state index contributed by atoms with van der Waals surface area (Å²) in [6.07, 6.45) is 7.95. The highest BCUT2D eigenvalue weighted by molar-refractivity contribution is 4.84. The van der Waals surface area contributed by atoms with Crippen molar-refractivity contribution >= 4 is 0 Å². The van der Waals surface area contributed by atoms with E-state index in [2.05, 4.69) is 4.90 Å². The molecule has 0 amide bonds. The number of aliphatic hydroxyl groups is 1. The van der Waals surface area contributed by atoms with Gasteiger partial charge in [-0.15, -0.1) is 0 Å². The number of ether oxygens (including phenoxy) is 1. The average molecular weight is 227 g/mol. The van der Waals surface area contributed by atoms with Gasteiger partial charge in [0.15, 0.2) is 0 Å². The lowest BCUT2D eigenvalue weighted by atomic mass is 9.89. The molecule has 2 rings (SSSR count). The van der Waals surface area contributed by atoms with Crippen LogP contribution in [0, 0.1) is 5.92 Å². The predicted molar refractivity (Wildman–Crippen MR) is 64.4 cm³/mol. The highest BCUT2D eigenvalue weighted by atomic mass is 16.5. The molecule has 94 valence electrons. The van der Waals surface area contributed by atoms with Crippen LogP contribution in [0.4, 0.5) is 0 Å². The van der Waals surface area contributed by atoms with Gasteiger partial charge < -0.3 is 9.84 Å². The Morgan fingerprint density at radius 1 is 1.25 bits per heavy atom. The number of piperidine rings is 1. The van der Waals surface area contributed by atoms with Crippen molar-refractivity contribution in [3.63, 3.8) is 0 Å². The van der Waals surface area contributed by atoms with E-state index in [1.807, 2.05) is 7.11 Å². The third-order valence-corrected chi connectivity index (χ3v) is 4.26. The lowest BCUT2D eigenvalue weighted by molar-refractivity contribution is 0.00947. The Balaban J connectivity index is 1.85. The molecule has 1 heterocycles. The van der Waals surface area contributed by atoms with Crippen molar-refractivity contribution in [2.45, 2.75) is 50.7 Å². The van der Waals surface area contributed by atoms with Crippen molar-refractivity contribution in [3.8, 4) is 0 Å². The molecule has 2 fully saturated rings. The first-order valence-corrected chi connectivity index (χ1v) is 6.71. The van der Waals surface area contributed by atoms with E-state index in [0.717, 1.165) is 6.54 Å². The zero-order chi connectivity index (χ0) is 11.4. The molecule has 3 unspecified atom stereocenters. The zero-order valence-electron chi connectivity index (χ0n) is 10.4. The van der Waals surface area contributed by atoms with E-state index in [9.17, 15) is 5.11 Å². The summed E-state index contributed by atoms with van der Waals surface area (Å²) in [7, 11) is 1.83.